The van der Waals surface area contributed by atoms with Crippen molar-refractivity contribution in [2.24, 2.45) is 0 Å². The average molecular weight is 239 g/mol. The fourth-order valence-corrected chi connectivity index (χ4v) is 2.83. The summed E-state index contributed by atoms with van der Waals surface area (Å²) in [6.07, 6.45) is 4.30. The number of fused-ring (bicyclic) bond motifs is 1. The van der Waals surface area contributed by atoms with Crippen molar-refractivity contribution in [2.45, 2.75) is 11.4 Å². The summed E-state index contributed by atoms with van der Waals surface area (Å²) in [6.45, 7) is 0.990. The van der Waals surface area contributed by atoms with Gasteiger partial charge in [-0.15, -0.1) is 0 Å². The van der Waals surface area contributed by atoms with Gasteiger partial charge in [0.2, 0.25) is 0 Å². The number of rotatable bonds is 2. The first-order chi connectivity index (χ1) is 8.42. The fourth-order valence-electron chi connectivity index (χ4n) is 1.87. The highest BCUT2D eigenvalue weighted by Crippen LogP contribution is 2.35. The zero-order valence-electron chi connectivity index (χ0n) is 9.41. The van der Waals surface area contributed by atoms with Crippen LogP contribution in [0.25, 0.3) is 6.08 Å². The Hall–Kier alpha value is -1.67. The summed E-state index contributed by atoms with van der Waals surface area (Å²) in [4.78, 5) is 1.37. The van der Waals surface area contributed by atoms with Gasteiger partial charge in [0.25, 0.3) is 0 Å². The Kier molecular flexibility index (Phi) is 2.88. The van der Waals surface area contributed by atoms with Crippen LogP contribution in [0.3, 0.4) is 0 Å². The standard InChI is InChI=1S/C15H13NS/c1-2-6-13(7-3-1)10-11-16-12-14-8-4-5-9-15(14)17-16/h1-11H,12H2. The molecular formula is C15H13NS. The Morgan fingerprint density at radius 3 is 2.53 bits per heavy atom. The molecule has 0 bridgehead atoms. The molecule has 1 aliphatic heterocycles. The molecule has 17 heavy (non-hydrogen) atoms. The van der Waals surface area contributed by atoms with E-state index in [4.69, 9.17) is 0 Å². The molecule has 1 nitrogen and oxygen atoms in total. The van der Waals surface area contributed by atoms with Crippen molar-refractivity contribution in [2.75, 3.05) is 0 Å². The van der Waals surface area contributed by atoms with Crippen LogP contribution in [-0.4, -0.2) is 4.31 Å². The molecule has 2 heteroatoms. The second-order valence-electron chi connectivity index (χ2n) is 4.00. The minimum Gasteiger partial charge on any atom is -0.315 e. The molecule has 0 fully saturated rings. The lowest BCUT2D eigenvalue weighted by molar-refractivity contribution is 0.640. The molecule has 0 saturated carbocycles. The van der Waals surface area contributed by atoms with E-state index in [0.29, 0.717) is 0 Å². The lowest BCUT2D eigenvalue weighted by Crippen LogP contribution is -1.99. The number of hydrogen-bond acceptors (Lipinski definition) is 2. The molecule has 0 saturated heterocycles. The van der Waals surface area contributed by atoms with E-state index in [2.05, 4.69) is 65.1 Å². The van der Waals surface area contributed by atoms with Crippen LogP contribution in [0.2, 0.25) is 0 Å². The van der Waals surface area contributed by atoms with E-state index in [1.54, 1.807) is 11.9 Å². The van der Waals surface area contributed by atoms with E-state index in [-0.39, 0.29) is 0 Å². The Morgan fingerprint density at radius 2 is 1.71 bits per heavy atom. The van der Waals surface area contributed by atoms with Gasteiger partial charge in [-0.1, -0.05) is 48.5 Å². The highest BCUT2D eigenvalue weighted by Gasteiger charge is 2.15. The molecule has 0 aromatic heterocycles. The minimum absolute atomic E-state index is 0.990. The van der Waals surface area contributed by atoms with Gasteiger partial charge in [-0.05, 0) is 35.2 Å². The van der Waals surface area contributed by atoms with Crippen molar-refractivity contribution in [1.29, 1.82) is 0 Å². The van der Waals surface area contributed by atoms with Crippen molar-refractivity contribution in [1.82, 2.24) is 4.31 Å². The predicted octanol–water partition coefficient (Wildman–Crippen LogP) is 4.18. The molecule has 1 heterocycles. The van der Waals surface area contributed by atoms with Crippen molar-refractivity contribution in [3.8, 4) is 0 Å². The Morgan fingerprint density at radius 1 is 0.941 bits per heavy atom. The van der Waals surface area contributed by atoms with Crippen LogP contribution in [0.15, 0.2) is 65.7 Å². The van der Waals surface area contributed by atoms with E-state index >= 15 is 0 Å². The Bertz CT molecular complexity index is 509. The van der Waals surface area contributed by atoms with Gasteiger partial charge >= 0.3 is 0 Å². The zero-order chi connectivity index (χ0) is 11.5. The minimum atomic E-state index is 0.990. The molecule has 0 unspecified atom stereocenters. The summed E-state index contributed by atoms with van der Waals surface area (Å²) >= 11 is 1.80. The molecule has 3 rings (SSSR count). The fraction of sp³-hybridized carbons (Fsp3) is 0.0667. The van der Waals surface area contributed by atoms with Crippen molar-refractivity contribution in [3.63, 3.8) is 0 Å². The van der Waals surface area contributed by atoms with Gasteiger partial charge in [0, 0.05) is 11.1 Å². The van der Waals surface area contributed by atoms with Crippen LogP contribution in [0.1, 0.15) is 11.1 Å². The summed E-state index contributed by atoms with van der Waals surface area (Å²) in [5, 5.41) is 0. The zero-order valence-corrected chi connectivity index (χ0v) is 10.2. The maximum Gasteiger partial charge on any atom is 0.0554 e. The van der Waals surface area contributed by atoms with Crippen molar-refractivity contribution < 1.29 is 0 Å². The van der Waals surface area contributed by atoms with E-state index in [0.717, 1.165) is 6.54 Å². The molecule has 0 amide bonds. The van der Waals surface area contributed by atoms with Crippen LogP contribution >= 0.6 is 11.9 Å². The number of nitrogens with zero attached hydrogens (tertiary/aromatic N) is 1. The SMILES string of the molecule is C(=CN1Cc2ccccc2S1)c1ccccc1. The molecule has 0 spiro atoms. The van der Waals surface area contributed by atoms with Gasteiger partial charge < -0.3 is 4.31 Å². The van der Waals surface area contributed by atoms with Crippen LogP contribution in [0.5, 0.6) is 0 Å². The number of benzene rings is 2. The average Bonchev–Trinajstić information content (AvgIpc) is 2.80. The third kappa shape index (κ3) is 2.37. The topological polar surface area (TPSA) is 3.24 Å². The van der Waals surface area contributed by atoms with Gasteiger partial charge in [-0.2, -0.15) is 0 Å². The maximum absolute atomic E-state index is 2.26. The molecule has 0 radical (unpaired) electrons. The monoisotopic (exact) mass is 239 g/mol. The normalized spacial score (nSPS) is 14.2. The summed E-state index contributed by atoms with van der Waals surface area (Å²) in [5.41, 5.74) is 2.65. The van der Waals surface area contributed by atoms with Gasteiger partial charge in [0.05, 0.1) is 6.54 Å². The van der Waals surface area contributed by atoms with E-state index in [9.17, 15) is 0 Å². The predicted molar refractivity (Wildman–Crippen MR) is 73.3 cm³/mol. The van der Waals surface area contributed by atoms with Crippen LogP contribution in [0.4, 0.5) is 0 Å². The van der Waals surface area contributed by atoms with E-state index in [1.807, 2.05) is 6.07 Å². The highest BCUT2D eigenvalue weighted by atomic mass is 32.2. The maximum atomic E-state index is 2.26. The van der Waals surface area contributed by atoms with Crippen molar-refractivity contribution >= 4 is 18.0 Å². The highest BCUT2D eigenvalue weighted by molar-refractivity contribution is 7.97. The summed E-state index contributed by atoms with van der Waals surface area (Å²) in [6, 6.07) is 19.0. The summed E-state index contributed by atoms with van der Waals surface area (Å²) < 4.78 is 2.26. The first kappa shape index (κ1) is 10.5. The van der Waals surface area contributed by atoms with Crippen LogP contribution in [-0.2, 0) is 6.54 Å². The van der Waals surface area contributed by atoms with Gasteiger partial charge in [-0.3, -0.25) is 0 Å². The Balaban J connectivity index is 1.72. The quantitative estimate of drug-likeness (QED) is 0.723. The van der Waals surface area contributed by atoms with Crippen molar-refractivity contribution in [3.05, 3.63) is 71.9 Å². The first-order valence-electron chi connectivity index (χ1n) is 5.67. The van der Waals surface area contributed by atoms with Crippen LogP contribution in [0, 0.1) is 0 Å². The molecule has 0 atom stereocenters. The van der Waals surface area contributed by atoms with E-state index in [1.165, 1.54) is 16.0 Å². The van der Waals surface area contributed by atoms with Gasteiger partial charge in [-0.25, -0.2) is 0 Å². The molecule has 2 aromatic rings. The summed E-state index contributed by atoms with van der Waals surface area (Å²) in [7, 11) is 0. The van der Waals surface area contributed by atoms with Gasteiger partial charge in [0.1, 0.15) is 0 Å². The lowest BCUT2D eigenvalue weighted by atomic mass is 10.2. The second kappa shape index (κ2) is 4.68. The molecule has 84 valence electrons. The molecule has 1 aliphatic rings. The largest absolute Gasteiger partial charge is 0.315 e. The molecule has 0 N–H and O–H groups in total. The first-order valence-corrected chi connectivity index (χ1v) is 6.45. The van der Waals surface area contributed by atoms with Crippen LogP contribution < -0.4 is 0 Å². The smallest absolute Gasteiger partial charge is 0.0554 e. The third-order valence-electron chi connectivity index (χ3n) is 2.75. The second-order valence-corrected chi connectivity index (χ2v) is 5.09. The molecule has 0 aliphatic carbocycles. The van der Waals surface area contributed by atoms with Gasteiger partial charge in [0.15, 0.2) is 0 Å². The molecule has 2 aromatic carbocycles. The number of hydrogen-bond donors (Lipinski definition) is 0. The third-order valence-corrected chi connectivity index (χ3v) is 3.83. The Labute approximate surface area is 106 Å². The van der Waals surface area contributed by atoms with E-state index < -0.39 is 0 Å². The molecular weight excluding hydrogens is 226 g/mol. The lowest BCUT2D eigenvalue weighted by Gasteiger charge is -2.08. The summed E-state index contributed by atoms with van der Waals surface area (Å²) in [5.74, 6) is 0.